The van der Waals surface area contributed by atoms with E-state index in [2.05, 4.69) is 17.0 Å². The van der Waals surface area contributed by atoms with Crippen LogP contribution in [0.3, 0.4) is 0 Å². The van der Waals surface area contributed by atoms with Gasteiger partial charge in [0.2, 0.25) is 0 Å². The van der Waals surface area contributed by atoms with Crippen LogP contribution in [-0.4, -0.2) is 37.9 Å². The van der Waals surface area contributed by atoms with Gasteiger partial charge < -0.3 is 20.1 Å². The van der Waals surface area contributed by atoms with Crippen LogP contribution < -0.4 is 15.4 Å². The van der Waals surface area contributed by atoms with E-state index in [0.717, 1.165) is 31.7 Å². The molecule has 21 heavy (non-hydrogen) atoms. The topological polar surface area (TPSA) is 47.7 Å². The Morgan fingerprint density at radius 1 is 1.10 bits per heavy atom. The lowest BCUT2D eigenvalue weighted by atomic mass is 10.1. The van der Waals surface area contributed by atoms with E-state index in [9.17, 15) is 0 Å². The Labute approximate surface area is 128 Å². The van der Waals surface area contributed by atoms with E-state index in [1.807, 2.05) is 32.9 Å². The average molecular weight is 292 g/mol. The average Bonchev–Trinajstić information content (AvgIpc) is 2.44. The van der Waals surface area contributed by atoms with Crippen LogP contribution in [0.15, 0.2) is 24.3 Å². The van der Waals surface area contributed by atoms with E-state index in [1.165, 1.54) is 5.69 Å². The SMILES string of the molecule is CC(C)(C)OCCOc1ccc(N2CCC(N)CC2)cc1. The first-order chi connectivity index (χ1) is 9.94. The van der Waals surface area contributed by atoms with Crippen LogP contribution in [0.5, 0.6) is 5.75 Å². The van der Waals surface area contributed by atoms with E-state index in [4.69, 9.17) is 15.2 Å². The monoisotopic (exact) mass is 292 g/mol. The normalized spacial score (nSPS) is 17.0. The number of nitrogens with two attached hydrogens (primary N) is 1. The summed E-state index contributed by atoms with van der Waals surface area (Å²) in [4.78, 5) is 2.38. The molecular weight excluding hydrogens is 264 g/mol. The fraction of sp³-hybridized carbons (Fsp3) is 0.647. The summed E-state index contributed by atoms with van der Waals surface area (Å²) in [5.74, 6) is 0.893. The molecule has 0 atom stereocenters. The highest BCUT2D eigenvalue weighted by molar-refractivity contribution is 5.49. The largest absolute Gasteiger partial charge is 0.491 e. The lowest BCUT2D eigenvalue weighted by Gasteiger charge is -2.32. The second-order valence-corrected chi connectivity index (χ2v) is 6.63. The predicted octanol–water partition coefficient (Wildman–Crippen LogP) is 2.81. The quantitative estimate of drug-likeness (QED) is 0.848. The zero-order valence-corrected chi connectivity index (χ0v) is 13.5. The van der Waals surface area contributed by atoms with E-state index in [-0.39, 0.29) is 5.60 Å². The number of hydrogen-bond acceptors (Lipinski definition) is 4. The summed E-state index contributed by atoms with van der Waals surface area (Å²) in [6, 6.07) is 8.67. The van der Waals surface area contributed by atoms with Gasteiger partial charge in [0.15, 0.2) is 0 Å². The molecule has 1 aromatic carbocycles. The van der Waals surface area contributed by atoms with Crippen LogP contribution in [0, 0.1) is 0 Å². The highest BCUT2D eigenvalue weighted by Crippen LogP contribution is 2.22. The van der Waals surface area contributed by atoms with E-state index in [1.54, 1.807) is 0 Å². The van der Waals surface area contributed by atoms with Gasteiger partial charge in [0.1, 0.15) is 12.4 Å². The van der Waals surface area contributed by atoms with Gasteiger partial charge in [-0.25, -0.2) is 0 Å². The Morgan fingerprint density at radius 2 is 1.71 bits per heavy atom. The second-order valence-electron chi connectivity index (χ2n) is 6.63. The van der Waals surface area contributed by atoms with Gasteiger partial charge >= 0.3 is 0 Å². The summed E-state index contributed by atoms with van der Waals surface area (Å²) in [7, 11) is 0. The van der Waals surface area contributed by atoms with Gasteiger partial charge in [0, 0.05) is 24.8 Å². The van der Waals surface area contributed by atoms with Crippen LogP contribution >= 0.6 is 0 Å². The first-order valence-electron chi connectivity index (χ1n) is 7.81. The van der Waals surface area contributed by atoms with Gasteiger partial charge in [-0.1, -0.05) is 0 Å². The molecule has 1 aromatic rings. The number of benzene rings is 1. The van der Waals surface area contributed by atoms with Crippen molar-refractivity contribution in [2.24, 2.45) is 5.73 Å². The molecule has 0 saturated carbocycles. The van der Waals surface area contributed by atoms with Gasteiger partial charge in [-0.3, -0.25) is 0 Å². The summed E-state index contributed by atoms with van der Waals surface area (Å²) >= 11 is 0. The molecule has 2 rings (SSSR count). The Balaban J connectivity index is 1.77. The van der Waals surface area contributed by atoms with Crippen molar-refractivity contribution in [3.05, 3.63) is 24.3 Å². The number of hydrogen-bond donors (Lipinski definition) is 1. The van der Waals surface area contributed by atoms with Crippen molar-refractivity contribution in [3.8, 4) is 5.75 Å². The molecule has 0 radical (unpaired) electrons. The zero-order chi connectivity index (χ0) is 15.3. The summed E-state index contributed by atoms with van der Waals surface area (Å²) in [5.41, 5.74) is 7.08. The smallest absolute Gasteiger partial charge is 0.119 e. The molecule has 4 heteroatoms. The minimum atomic E-state index is -0.109. The number of ether oxygens (including phenoxy) is 2. The third kappa shape index (κ3) is 5.56. The van der Waals surface area contributed by atoms with E-state index < -0.39 is 0 Å². The Kier molecular flexibility index (Phi) is 5.48. The summed E-state index contributed by atoms with van der Waals surface area (Å²) in [5, 5.41) is 0. The van der Waals surface area contributed by atoms with E-state index in [0.29, 0.717) is 19.3 Å². The Bertz CT molecular complexity index is 417. The summed E-state index contributed by atoms with van der Waals surface area (Å²) in [6.45, 7) is 9.41. The third-order valence-electron chi connectivity index (χ3n) is 3.63. The van der Waals surface area contributed by atoms with Gasteiger partial charge in [0.05, 0.1) is 12.2 Å². The highest BCUT2D eigenvalue weighted by atomic mass is 16.5. The molecule has 0 unspecified atom stereocenters. The van der Waals surface area contributed by atoms with Crippen molar-refractivity contribution in [2.75, 3.05) is 31.2 Å². The lowest BCUT2D eigenvalue weighted by molar-refractivity contribution is -0.0163. The molecule has 1 aliphatic rings. The molecule has 0 aromatic heterocycles. The second kappa shape index (κ2) is 7.14. The van der Waals surface area contributed by atoms with Gasteiger partial charge in [-0.2, -0.15) is 0 Å². The molecule has 1 aliphatic heterocycles. The maximum Gasteiger partial charge on any atom is 0.119 e. The molecule has 1 saturated heterocycles. The lowest BCUT2D eigenvalue weighted by Crippen LogP contribution is -2.39. The van der Waals surface area contributed by atoms with Crippen LogP contribution in [-0.2, 0) is 4.74 Å². The highest BCUT2D eigenvalue weighted by Gasteiger charge is 2.16. The van der Waals surface area contributed by atoms with Crippen LogP contribution in [0.1, 0.15) is 33.6 Å². The van der Waals surface area contributed by atoms with Crippen molar-refractivity contribution in [3.63, 3.8) is 0 Å². The first kappa shape index (κ1) is 16.1. The molecule has 0 aliphatic carbocycles. The Morgan fingerprint density at radius 3 is 2.29 bits per heavy atom. The zero-order valence-electron chi connectivity index (χ0n) is 13.5. The van der Waals surface area contributed by atoms with Crippen LogP contribution in [0.2, 0.25) is 0 Å². The number of anilines is 1. The van der Waals surface area contributed by atoms with Crippen LogP contribution in [0.4, 0.5) is 5.69 Å². The van der Waals surface area contributed by atoms with Crippen molar-refractivity contribution in [1.29, 1.82) is 0 Å². The van der Waals surface area contributed by atoms with Crippen molar-refractivity contribution in [2.45, 2.75) is 45.3 Å². The van der Waals surface area contributed by atoms with Gasteiger partial charge in [-0.05, 0) is 57.9 Å². The standard InChI is InChI=1S/C17H28N2O2/c1-17(2,3)21-13-12-20-16-6-4-15(5-7-16)19-10-8-14(18)9-11-19/h4-7,14H,8-13,18H2,1-3H3. The molecule has 2 N–H and O–H groups in total. The molecule has 0 amide bonds. The number of rotatable bonds is 5. The maximum atomic E-state index is 5.94. The molecule has 1 heterocycles. The van der Waals surface area contributed by atoms with E-state index >= 15 is 0 Å². The molecule has 118 valence electrons. The fourth-order valence-corrected chi connectivity index (χ4v) is 2.42. The molecule has 0 bridgehead atoms. The van der Waals surface area contributed by atoms with Crippen molar-refractivity contribution >= 4 is 5.69 Å². The van der Waals surface area contributed by atoms with Crippen molar-refractivity contribution < 1.29 is 9.47 Å². The third-order valence-corrected chi connectivity index (χ3v) is 3.63. The summed E-state index contributed by atoms with van der Waals surface area (Å²) in [6.07, 6.45) is 2.14. The minimum Gasteiger partial charge on any atom is -0.491 e. The predicted molar refractivity (Wildman–Crippen MR) is 87.1 cm³/mol. The molecule has 1 fully saturated rings. The van der Waals surface area contributed by atoms with Gasteiger partial charge in [0.25, 0.3) is 0 Å². The molecule has 4 nitrogen and oxygen atoms in total. The van der Waals surface area contributed by atoms with Crippen molar-refractivity contribution in [1.82, 2.24) is 0 Å². The number of piperidine rings is 1. The molecular formula is C17H28N2O2. The Hall–Kier alpha value is -1.26. The van der Waals surface area contributed by atoms with Crippen LogP contribution in [0.25, 0.3) is 0 Å². The van der Waals surface area contributed by atoms with Gasteiger partial charge in [-0.15, -0.1) is 0 Å². The first-order valence-corrected chi connectivity index (χ1v) is 7.81. The molecule has 0 spiro atoms. The fourth-order valence-electron chi connectivity index (χ4n) is 2.42. The summed E-state index contributed by atoms with van der Waals surface area (Å²) < 4.78 is 11.3. The maximum absolute atomic E-state index is 5.94. The minimum absolute atomic E-state index is 0.109. The number of nitrogens with zero attached hydrogens (tertiary/aromatic N) is 1.